The van der Waals surface area contributed by atoms with Crippen molar-refractivity contribution in [2.75, 3.05) is 24.3 Å². The summed E-state index contributed by atoms with van der Waals surface area (Å²) in [5.74, 6) is -0.719. The number of ether oxygens (including phenoxy) is 1. The van der Waals surface area contributed by atoms with Crippen LogP contribution in [0.25, 0.3) is 0 Å². The molecule has 0 spiro atoms. The second kappa shape index (κ2) is 7.85. The van der Waals surface area contributed by atoms with E-state index in [2.05, 4.69) is 15.4 Å². The van der Waals surface area contributed by atoms with Crippen LogP contribution in [-0.4, -0.2) is 25.5 Å². The maximum atomic E-state index is 11.9. The summed E-state index contributed by atoms with van der Waals surface area (Å²) in [7, 11) is 1.31. The van der Waals surface area contributed by atoms with E-state index < -0.39 is 5.97 Å². The summed E-state index contributed by atoms with van der Waals surface area (Å²) in [6.45, 7) is 0.0174. The van der Waals surface area contributed by atoms with Crippen molar-refractivity contribution in [3.05, 3.63) is 58.1 Å². The van der Waals surface area contributed by atoms with E-state index in [0.717, 1.165) is 0 Å². The molecule has 0 atom stereocenters. The Bertz CT molecular complexity index is 735. The van der Waals surface area contributed by atoms with Crippen molar-refractivity contribution in [1.29, 1.82) is 0 Å². The molecule has 23 heavy (non-hydrogen) atoms. The maximum absolute atomic E-state index is 11.9. The Morgan fingerprint density at radius 1 is 1.13 bits per heavy atom. The second-order valence-corrected chi connectivity index (χ2v) is 5.44. The van der Waals surface area contributed by atoms with E-state index in [1.807, 2.05) is 0 Å². The van der Waals surface area contributed by atoms with Gasteiger partial charge in [0.2, 0.25) is 5.91 Å². The number of methoxy groups -OCH3 is 1. The fourth-order valence-corrected chi connectivity index (χ4v) is 2.30. The van der Waals surface area contributed by atoms with Crippen molar-refractivity contribution < 1.29 is 14.3 Å². The van der Waals surface area contributed by atoms with Gasteiger partial charge in [-0.2, -0.15) is 0 Å². The zero-order valence-electron chi connectivity index (χ0n) is 12.2. The van der Waals surface area contributed by atoms with Crippen LogP contribution in [0.15, 0.2) is 42.5 Å². The van der Waals surface area contributed by atoms with Gasteiger partial charge in [-0.05, 0) is 36.4 Å². The molecule has 0 radical (unpaired) electrons. The van der Waals surface area contributed by atoms with Crippen molar-refractivity contribution in [2.45, 2.75) is 0 Å². The van der Waals surface area contributed by atoms with Gasteiger partial charge < -0.3 is 15.4 Å². The van der Waals surface area contributed by atoms with Crippen molar-refractivity contribution in [1.82, 2.24) is 0 Å². The van der Waals surface area contributed by atoms with E-state index in [1.54, 1.807) is 42.5 Å². The molecule has 0 unspecified atom stereocenters. The molecule has 2 N–H and O–H groups in total. The molecule has 0 saturated heterocycles. The molecule has 0 aliphatic heterocycles. The van der Waals surface area contributed by atoms with Gasteiger partial charge in [-0.25, -0.2) is 4.79 Å². The van der Waals surface area contributed by atoms with Crippen LogP contribution >= 0.6 is 23.2 Å². The predicted octanol–water partition coefficient (Wildman–Crippen LogP) is 3.83. The number of rotatable bonds is 5. The second-order valence-electron chi connectivity index (χ2n) is 4.60. The molecule has 7 heteroatoms. The Hall–Kier alpha value is -2.24. The molecule has 2 aromatic rings. The van der Waals surface area contributed by atoms with E-state index in [9.17, 15) is 9.59 Å². The largest absolute Gasteiger partial charge is 0.465 e. The van der Waals surface area contributed by atoms with Crippen LogP contribution in [0.4, 0.5) is 11.4 Å². The predicted molar refractivity (Wildman–Crippen MR) is 91.4 cm³/mol. The molecular formula is C16H14Cl2N2O3. The average molecular weight is 353 g/mol. The van der Waals surface area contributed by atoms with Crippen molar-refractivity contribution >= 4 is 46.5 Å². The summed E-state index contributed by atoms with van der Waals surface area (Å²) >= 11 is 11.8. The highest BCUT2D eigenvalue weighted by Crippen LogP contribution is 2.25. The van der Waals surface area contributed by atoms with E-state index in [4.69, 9.17) is 23.2 Å². The highest BCUT2D eigenvalue weighted by Gasteiger charge is 2.08. The summed E-state index contributed by atoms with van der Waals surface area (Å²) in [5, 5.41) is 6.45. The SMILES string of the molecule is COC(=O)c1cccc(NCC(=O)Nc2ccc(Cl)cc2Cl)c1. The Morgan fingerprint density at radius 3 is 2.61 bits per heavy atom. The molecule has 1 amide bonds. The minimum atomic E-state index is -0.439. The number of hydrogen-bond donors (Lipinski definition) is 2. The molecule has 0 heterocycles. The molecule has 0 saturated carbocycles. The lowest BCUT2D eigenvalue weighted by atomic mass is 10.2. The smallest absolute Gasteiger partial charge is 0.337 e. The Kier molecular flexibility index (Phi) is 5.84. The number of esters is 1. The van der Waals surface area contributed by atoms with Crippen LogP contribution in [0.3, 0.4) is 0 Å². The van der Waals surface area contributed by atoms with Gasteiger partial charge >= 0.3 is 5.97 Å². The average Bonchev–Trinajstić information content (AvgIpc) is 2.55. The minimum absolute atomic E-state index is 0.0174. The number of hydrogen-bond acceptors (Lipinski definition) is 4. The molecule has 2 aromatic carbocycles. The summed E-state index contributed by atoms with van der Waals surface area (Å²) in [6.07, 6.45) is 0. The topological polar surface area (TPSA) is 67.4 Å². The summed E-state index contributed by atoms with van der Waals surface area (Å²) < 4.78 is 4.65. The monoisotopic (exact) mass is 352 g/mol. The molecule has 0 fully saturated rings. The minimum Gasteiger partial charge on any atom is -0.465 e. The first-order valence-electron chi connectivity index (χ1n) is 6.67. The zero-order valence-corrected chi connectivity index (χ0v) is 13.7. The first kappa shape index (κ1) is 17.1. The molecule has 0 bridgehead atoms. The molecular weight excluding hydrogens is 339 g/mol. The van der Waals surface area contributed by atoms with Crippen LogP contribution in [0.2, 0.25) is 10.0 Å². The molecule has 0 aromatic heterocycles. The van der Waals surface area contributed by atoms with Gasteiger partial charge in [0.25, 0.3) is 0 Å². The van der Waals surface area contributed by atoms with E-state index in [-0.39, 0.29) is 12.5 Å². The Balaban J connectivity index is 1.95. The van der Waals surface area contributed by atoms with Crippen LogP contribution in [0, 0.1) is 0 Å². The number of anilines is 2. The third-order valence-corrected chi connectivity index (χ3v) is 3.49. The van der Waals surface area contributed by atoms with Crippen LogP contribution in [0.1, 0.15) is 10.4 Å². The number of carbonyl (C=O) groups is 2. The van der Waals surface area contributed by atoms with Gasteiger partial charge in [0.05, 0.1) is 29.9 Å². The van der Waals surface area contributed by atoms with Gasteiger partial charge in [-0.1, -0.05) is 29.3 Å². The molecule has 2 rings (SSSR count). The Morgan fingerprint density at radius 2 is 1.91 bits per heavy atom. The van der Waals surface area contributed by atoms with Crippen LogP contribution in [0.5, 0.6) is 0 Å². The van der Waals surface area contributed by atoms with E-state index in [0.29, 0.717) is 27.0 Å². The third-order valence-electron chi connectivity index (χ3n) is 2.94. The van der Waals surface area contributed by atoms with Gasteiger partial charge in [0.15, 0.2) is 0 Å². The summed E-state index contributed by atoms with van der Waals surface area (Å²) in [6, 6.07) is 11.5. The lowest BCUT2D eigenvalue weighted by molar-refractivity contribution is -0.114. The number of carbonyl (C=O) groups excluding carboxylic acids is 2. The highest BCUT2D eigenvalue weighted by molar-refractivity contribution is 6.36. The number of halogens is 2. The standard InChI is InChI=1S/C16H14Cl2N2O3/c1-23-16(22)10-3-2-4-12(7-10)19-9-15(21)20-14-6-5-11(17)8-13(14)18/h2-8,19H,9H2,1H3,(H,20,21). The quantitative estimate of drug-likeness (QED) is 0.802. The molecule has 0 aliphatic rings. The van der Waals surface area contributed by atoms with Crippen molar-refractivity contribution in [2.24, 2.45) is 0 Å². The fourth-order valence-electron chi connectivity index (χ4n) is 1.84. The first-order chi connectivity index (χ1) is 11.0. The number of benzene rings is 2. The number of nitrogens with one attached hydrogen (secondary N) is 2. The maximum Gasteiger partial charge on any atom is 0.337 e. The third kappa shape index (κ3) is 4.87. The lowest BCUT2D eigenvalue weighted by Gasteiger charge is -2.10. The lowest BCUT2D eigenvalue weighted by Crippen LogP contribution is -2.22. The summed E-state index contributed by atoms with van der Waals surface area (Å²) in [4.78, 5) is 23.4. The van der Waals surface area contributed by atoms with Crippen molar-refractivity contribution in [3.8, 4) is 0 Å². The van der Waals surface area contributed by atoms with Crippen LogP contribution < -0.4 is 10.6 Å². The highest BCUT2D eigenvalue weighted by atomic mass is 35.5. The van der Waals surface area contributed by atoms with E-state index in [1.165, 1.54) is 7.11 Å². The molecule has 5 nitrogen and oxygen atoms in total. The van der Waals surface area contributed by atoms with Crippen molar-refractivity contribution in [3.63, 3.8) is 0 Å². The fraction of sp³-hybridized carbons (Fsp3) is 0.125. The van der Waals surface area contributed by atoms with Crippen LogP contribution in [-0.2, 0) is 9.53 Å². The van der Waals surface area contributed by atoms with Gasteiger partial charge in [0.1, 0.15) is 0 Å². The first-order valence-corrected chi connectivity index (χ1v) is 7.42. The van der Waals surface area contributed by atoms with Gasteiger partial charge in [0, 0.05) is 10.7 Å². The normalized spacial score (nSPS) is 10.0. The molecule has 0 aliphatic carbocycles. The van der Waals surface area contributed by atoms with E-state index >= 15 is 0 Å². The zero-order chi connectivity index (χ0) is 16.8. The molecule has 120 valence electrons. The summed E-state index contributed by atoms with van der Waals surface area (Å²) in [5.41, 5.74) is 1.51. The Labute approximate surface area is 143 Å². The van der Waals surface area contributed by atoms with Gasteiger partial charge in [-0.15, -0.1) is 0 Å². The van der Waals surface area contributed by atoms with Gasteiger partial charge in [-0.3, -0.25) is 4.79 Å². The number of amides is 1.